The van der Waals surface area contributed by atoms with Crippen LogP contribution in [0.2, 0.25) is 0 Å². The van der Waals surface area contributed by atoms with Crippen molar-refractivity contribution in [3.05, 3.63) is 112 Å². The lowest BCUT2D eigenvalue weighted by molar-refractivity contribution is 0.0981. The normalized spacial score (nSPS) is 10.6. The maximum Gasteiger partial charge on any atom is 0.278 e. The smallest absolute Gasteiger partial charge is 0.278 e. The van der Waals surface area contributed by atoms with Gasteiger partial charge in [-0.1, -0.05) is 60.7 Å². The molecule has 1 amide bonds. The highest BCUT2D eigenvalue weighted by Crippen LogP contribution is 2.22. The average Bonchev–Trinajstić information content (AvgIpc) is 3.27. The molecule has 0 aliphatic rings. The summed E-state index contributed by atoms with van der Waals surface area (Å²) in [7, 11) is 1.65. The van der Waals surface area contributed by atoms with Crippen molar-refractivity contribution >= 4 is 22.9 Å². The summed E-state index contributed by atoms with van der Waals surface area (Å²) >= 11 is 1.51. The van der Waals surface area contributed by atoms with E-state index in [-0.39, 0.29) is 5.91 Å². The number of carbonyl (C=O) groups excluding carboxylic acids is 1. The molecule has 0 radical (unpaired) electrons. The molecule has 0 atom stereocenters. The Morgan fingerprint density at radius 1 is 0.900 bits per heavy atom. The highest BCUT2D eigenvalue weighted by Gasteiger charge is 2.21. The van der Waals surface area contributed by atoms with Crippen molar-refractivity contribution in [3.8, 4) is 5.75 Å². The monoisotopic (exact) mass is 414 g/mol. The summed E-state index contributed by atoms with van der Waals surface area (Å²) in [4.78, 5) is 19.8. The molecule has 0 aliphatic heterocycles. The topological polar surface area (TPSA) is 42.4 Å². The van der Waals surface area contributed by atoms with Crippen molar-refractivity contribution in [2.24, 2.45) is 0 Å². The van der Waals surface area contributed by atoms with E-state index in [0.29, 0.717) is 18.7 Å². The van der Waals surface area contributed by atoms with Crippen LogP contribution in [0.5, 0.6) is 5.75 Å². The molecule has 1 heterocycles. The first kappa shape index (κ1) is 19.9. The van der Waals surface area contributed by atoms with Crippen LogP contribution >= 0.6 is 11.3 Å². The number of ether oxygens (including phenoxy) is 1. The van der Waals surface area contributed by atoms with Crippen molar-refractivity contribution in [3.63, 3.8) is 0 Å². The molecule has 4 aromatic rings. The zero-order valence-corrected chi connectivity index (χ0v) is 17.5. The number of nitrogens with zero attached hydrogens (tertiary/aromatic N) is 2. The molecule has 0 bridgehead atoms. The quantitative estimate of drug-likeness (QED) is 0.396. The molecule has 4 nitrogen and oxygen atoms in total. The number of carbonyl (C=O) groups is 1. The van der Waals surface area contributed by atoms with Crippen LogP contribution in [0.4, 0.5) is 5.69 Å². The van der Waals surface area contributed by atoms with Gasteiger partial charge in [-0.15, -0.1) is 11.3 Å². The fourth-order valence-electron chi connectivity index (χ4n) is 3.20. The second kappa shape index (κ2) is 9.37. The maximum absolute atomic E-state index is 13.4. The maximum atomic E-state index is 13.4. The highest BCUT2D eigenvalue weighted by molar-refractivity contribution is 7.09. The molecule has 0 unspecified atom stereocenters. The number of para-hydroxylation sites is 1. The van der Waals surface area contributed by atoms with E-state index in [9.17, 15) is 4.79 Å². The Morgan fingerprint density at radius 3 is 2.23 bits per heavy atom. The van der Waals surface area contributed by atoms with Crippen molar-refractivity contribution in [2.45, 2.75) is 13.0 Å². The Labute approximate surface area is 180 Å². The van der Waals surface area contributed by atoms with E-state index in [1.807, 2.05) is 90.3 Å². The third-order valence-electron chi connectivity index (χ3n) is 4.78. The summed E-state index contributed by atoms with van der Waals surface area (Å²) in [5.74, 6) is 0.732. The molecular formula is C25H22N2O2S. The van der Waals surface area contributed by atoms with Crippen LogP contribution in [0.1, 0.15) is 26.6 Å². The minimum Gasteiger partial charge on any atom is -0.497 e. The van der Waals surface area contributed by atoms with Gasteiger partial charge in [0.25, 0.3) is 5.91 Å². The third kappa shape index (κ3) is 4.75. The molecule has 150 valence electrons. The van der Waals surface area contributed by atoms with Gasteiger partial charge in [-0.3, -0.25) is 4.79 Å². The average molecular weight is 415 g/mol. The van der Waals surface area contributed by atoms with Crippen molar-refractivity contribution in [1.82, 2.24) is 4.98 Å². The lowest BCUT2D eigenvalue weighted by atomic mass is 10.1. The molecule has 0 fully saturated rings. The van der Waals surface area contributed by atoms with E-state index in [1.54, 1.807) is 12.0 Å². The van der Waals surface area contributed by atoms with Crippen LogP contribution < -0.4 is 9.64 Å². The van der Waals surface area contributed by atoms with Gasteiger partial charge in [-0.25, -0.2) is 4.98 Å². The zero-order chi connectivity index (χ0) is 20.8. The van der Waals surface area contributed by atoms with Crippen LogP contribution in [0, 0.1) is 0 Å². The lowest BCUT2D eigenvalue weighted by Crippen LogP contribution is -2.30. The van der Waals surface area contributed by atoms with Gasteiger partial charge < -0.3 is 9.64 Å². The molecular weight excluding hydrogens is 392 g/mol. The van der Waals surface area contributed by atoms with Crippen molar-refractivity contribution in [2.75, 3.05) is 12.0 Å². The minimum absolute atomic E-state index is 0.0951. The second-order valence-corrected chi connectivity index (χ2v) is 7.81. The van der Waals surface area contributed by atoms with Gasteiger partial charge in [0.1, 0.15) is 11.4 Å². The Bertz CT molecular complexity index is 1090. The molecule has 0 saturated carbocycles. The van der Waals surface area contributed by atoms with Crippen LogP contribution in [0.15, 0.2) is 90.3 Å². The predicted octanol–water partition coefficient (Wildman–Crippen LogP) is 5.59. The predicted molar refractivity (Wildman–Crippen MR) is 121 cm³/mol. The van der Waals surface area contributed by atoms with E-state index in [2.05, 4.69) is 4.98 Å². The first-order chi connectivity index (χ1) is 14.7. The number of anilines is 1. The first-order valence-corrected chi connectivity index (χ1v) is 10.6. The molecule has 0 N–H and O–H groups in total. The number of thiazole rings is 1. The summed E-state index contributed by atoms with van der Waals surface area (Å²) < 4.78 is 5.21. The minimum atomic E-state index is -0.0951. The molecule has 5 heteroatoms. The zero-order valence-electron chi connectivity index (χ0n) is 16.7. The van der Waals surface area contributed by atoms with Gasteiger partial charge in [-0.2, -0.15) is 0 Å². The number of hydrogen-bond donors (Lipinski definition) is 0. The summed E-state index contributed by atoms with van der Waals surface area (Å²) in [6, 6.07) is 27.6. The van der Waals surface area contributed by atoms with Crippen LogP contribution in [0.25, 0.3) is 0 Å². The number of amides is 1. The van der Waals surface area contributed by atoms with E-state index >= 15 is 0 Å². The van der Waals surface area contributed by atoms with E-state index in [4.69, 9.17) is 4.74 Å². The summed E-state index contributed by atoms with van der Waals surface area (Å²) in [5.41, 5.74) is 3.54. The van der Waals surface area contributed by atoms with E-state index in [1.165, 1.54) is 11.3 Å². The standard InChI is InChI=1S/C25H22N2O2S/c1-29-22-14-12-19(13-15-22)16-24-26-23(18-30-24)25(28)27(21-10-6-3-7-11-21)17-20-8-4-2-5-9-20/h2-15,18H,16-17H2,1H3. The number of aromatic nitrogens is 1. The van der Waals surface area contributed by atoms with Crippen LogP contribution in [-0.4, -0.2) is 18.0 Å². The van der Waals surface area contributed by atoms with Gasteiger partial charge in [0, 0.05) is 17.5 Å². The second-order valence-electron chi connectivity index (χ2n) is 6.86. The van der Waals surface area contributed by atoms with Crippen LogP contribution in [-0.2, 0) is 13.0 Å². The van der Waals surface area contributed by atoms with Gasteiger partial charge in [0.05, 0.1) is 18.7 Å². The SMILES string of the molecule is COc1ccc(Cc2nc(C(=O)N(Cc3ccccc3)c3ccccc3)cs2)cc1. The largest absolute Gasteiger partial charge is 0.497 e. The molecule has 4 rings (SSSR count). The highest BCUT2D eigenvalue weighted by atomic mass is 32.1. The summed E-state index contributed by atoms with van der Waals surface area (Å²) in [6.07, 6.45) is 0.686. The Balaban J connectivity index is 1.55. The lowest BCUT2D eigenvalue weighted by Gasteiger charge is -2.22. The number of hydrogen-bond acceptors (Lipinski definition) is 4. The number of rotatable bonds is 7. The molecule has 1 aromatic heterocycles. The Hall–Kier alpha value is -3.44. The van der Waals surface area contributed by atoms with Crippen molar-refractivity contribution < 1.29 is 9.53 Å². The van der Waals surface area contributed by atoms with E-state index in [0.717, 1.165) is 27.6 Å². The fourth-order valence-corrected chi connectivity index (χ4v) is 4.00. The first-order valence-electron chi connectivity index (χ1n) is 9.71. The van der Waals surface area contributed by atoms with Crippen LogP contribution in [0.3, 0.4) is 0 Å². The fraction of sp³-hybridized carbons (Fsp3) is 0.120. The number of methoxy groups -OCH3 is 1. The van der Waals surface area contributed by atoms with E-state index < -0.39 is 0 Å². The van der Waals surface area contributed by atoms with Gasteiger partial charge in [0.15, 0.2) is 0 Å². The molecule has 0 spiro atoms. The summed E-state index contributed by atoms with van der Waals surface area (Å²) in [6.45, 7) is 0.495. The Kier molecular flexibility index (Phi) is 6.20. The number of benzene rings is 3. The van der Waals surface area contributed by atoms with Gasteiger partial charge in [0.2, 0.25) is 0 Å². The van der Waals surface area contributed by atoms with Gasteiger partial charge >= 0.3 is 0 Å². The third-order valence-corrected chi connectivity index (χ3v) is 5.63. The molecule has 0 saturated heterocycles. The molecule has 3 aromatic carbocycles. The molecule has 30 heavy (non-hydrogen) atoms. The van der Waals surface area contributed by atoms with Crippen molar-refractivity contribution in [1.29, 1.82) is 0 Å². The van der Waals surface area contributed by atoms with Gasteiger partial charge in [-0.05, 0) is 35.4 Å². The summed E-state index contributed by atoms with van der Waals surface area (Å²) in [5, 5.41) is 2.76. The Morgan fingerprint density at radius 2 is 1.57 bits per heavy atom. The molecule has 0 aliphatic carbocycles.